The topological polar surface area (TPSA) is 71.8 Å². The first-order valence-electron chi connectivity index (χ1n) is 9.39. The molecule has 0 spiro atoms. The number of carbonyl (C=O) groups is 2. The number of para-hydroxylation sites is 2. The molecule has 160 valence electrons. The monoisotopic (exact) mass is 426 g/mol. The second-order valence-corrected chi connectivity index (χ2v) is 6.44. The number of carbonyl (C=O) groups excluding carboxylic acids is 2. The van der Waals surface area contributed by atoms with Crippen molar-refractivity contribution in [3.8, 4) is 5.75 Å². The van der Waals surface area contributed by atoms with Crippen LogP contribution in [0.1, 0.15) is 11.3 Å². The number of furan rings is 1. The molecule has 1 N–H and O–H groups in total. The van der Waals surface area contributed by atoms with E-state index in [9.17, 15) is 18.4 Å². The fraction of sp³-hybridized carbons (Fsp3) is 0.130. The number of nitrogens with one attached hydrogen (secondary N) is 1. The summed E-state index contributed by atoms with van der Waals surface area (Å²) in [6.07, 6.45) is 4.03. The normalized spacial score (nSPS) is 10.9. The molecular weight excluding hydrogens is 406 g/mol. The minimum absolute atomic E-state index is 0.0547. The summed E-state index contributed by atoms with van der Waals surface area (Å²) >= 11 is 0. The van der Waals surface area contributed by atoms with Gasteiger partial charge in [0.05, 0.1) is 12.8 Å². The second-order valence-electron chi connectivity index (χ2n) is 6.44. The Labute approximate surface area is 177 Å². The van der Waals surface area contributed by atoms with E-state index in [1.807, 2.05) is 6.07 Å². The molecule has 0 radical (unpaired) electrons. The summed E-state index contributed by atoms with van der Waals surface area (Å²) in [4.78, 5) is 26.5. The Balaban J connectivity index is 1.73. The maximum absolute atomic E-state index is 12.8. The molecular formula is C23H20F2N2O4. The van der Waals surface area contributed by atoms with Crippen molar-refractivity contribution in [2.24, 2.45) is 0 Å². The largest absolute Gasteiger partial charge is 0.467 e. The minimum Gasteiger partial charge on any atom is -0.467 e. The highest BCUT2D eigenvalue weighted by Crippen LogP contribution is 2.21. The second kappa shape index (κ2) is 10.7. The Hall–Kier alpha value is -3.94. The number of rotatable bonds is 9. The maximum Gasteiger partial charge on any atom is 0.387 e. The molecule has 1 aromatic heterocycles. The lowest BCUT2D eigenvalue weighted by Gasteiger charge is -2.19. The molecule has 0 aliphatic carbocycles. The molecule has 3 rings (SSSR count). The van der Waals surface area contributed by atoms with Gasteiger partial charge in [-0.1, -0.05) is 36.4 Å². The van der Waals surface area contributed by atoms with Crippen molar-refractivity contribution in [2.45, 2.75) is 13.2 Å². The first kappa shape index (κ1) is 21.8. The van der Waals surface area contributed by atoms with Crippen LogP contribution >= 0.6 is 0 Å². The van der Waals surface area contributed by atoms with Crippen molar-refractivity contribution in [2.75, 3.05) is 11.9 Å². The van der Waals surface area contributed by atoms with E-state index in [2.05, 4.69) is 10.1 Å². The first-order valence-corrected chi connectivity index (χ1v) is 9.39. The number of amides is 2. The lowest BCUT2D eigenvalue weighted by molar-refractivity contribution is -0.131. The molecule has 0 bridgehead atoms. The van der Waals surface area contributed by atoms with Crippen molar-refractivity contribution in [3.63, 3.8) is 0 Å². The smallest absolute Gasteiger partial charge is 0.387 e. The molecule has 0 aliphatic rings. The van der Waals surface area contributed by atoms with E-state index < -0.39 is 12.5 Å². The third kappa shape index (κ3) is 6.81. The molecule has 0 saturated heterocycles. The van der Waals surface area contributed by atoms with Crippen molar-refractivity contribution < 1.29 is 27.5 Å². The Morgan fingerprint density at radius 2 is 1.77 bits per heavy atom. The molecule has 2 amide bonds. The van der Waals surface area contributed by atoms with E-state index in [1.54, 1.807) is 54.6 Å². The van der Waals surface area contributed by atoms with Crippen molar-refractivity contribution in [3.05, 3.63) is 90.4 Å². The number of ether oxygens (including phenoxy) is 1. The number of halogens is 2. The van der Waals surface area contributed by atoms with E-state index in [0.29, 0.717) is 17.0 Å². The minimum atomic E-state index is -2.98. The van der Waals surface area contributed by atoms with Gasteiger partial charge >= 0.3 is 6.61 Å². The summed E-state index contributed by atoms with van der Waals surface area (Å²) in [5, 5.41) is 2.72. The van der Waals surface area contributed by atoms with Gasteiger partial charge in [-0.05, 0) is 36.4 Å². The quantitative estimate of drug-likeness (QED) is 0.509. The average molecular weight is 426 g/mol. The van der Waals surface area contributed by atoms with E-state index in [-0.39, 0.29) is 24.7 Å². The predicted octanol–water partition coefficient (Wildman–Crippen LogP) is 4.56. The third-order valence-electron chi connectivity index (χ3n) is 4.17. The number of hydrogen-bond donors (Lipinski definition) is 1. The van der Waals surface area contributed by atoms with Crippen molar-refractivity contribution >= 4 is 23.6 Å². The Morgan fingerprint density at radius 1 is 1.03 bits per heavy atom. The molecule has 2 aromatic carbocycles. The van der Waals surface area contributed by atoms with Crippen LogP contribution in [0.25, 0.3) is 6.08 Å². The van der Waals surface area contributed by atoms with Gasteiger partial charge in [0.15, 0.2) is 0 Å². The molecule has 0 unspecified atom stereocenters. The molecule has 6 nitrogen and oxygen atoms in total. The van der Waals surface area contributed by atoms with Gasteiger partial charge in [0.1, 0.15) is 18.1 Å². The highest BCUT2D eigenvalue weighted by Gasteiger charge is 2.17. The van der Waals surface area contributed by atoms with E-state index >= 15 is 0 Å². The standard InChI is InChI=1S/C23H20F2N2O4/c24-23(25)31-20-11-5-4-7-17(20)12-13-22(29)27(15-19-10-6-14-30-19)16-21(28)26-18-8-2-1-3-9-18/h1-14,23H,15-16H2,(H,26,28). The summed E-state index contributed by atoms with van der Waals surface area (Å²) in [6.45, 7) is -3.15. The lowest BCUT2D eigenvalue weighted by atomic mass is 10.2. The Bertz CT molecular complexity index is 1020. The molecule has 0 aliphatic heterocycles. The van der Waals surface area contributed by atoms with Gasteiger partial charge in [-0.2, -0.15) is 8.78 Å². The van der Waals surface area contributed by atoms with Crippen LogP contribution < -0.4 is 10.1 Å². The molecule has 0 fully saturated rings. The summed E-state index contributed by atoms with van der Waals surface area (Å²) < 4.78 is 34.9. The van der Waals surface area contributed by atoms with Crippen LogP contribution in [0.15, 0.2) is 83.5 Å². The summed E-state index contributed by atoms with van der Waals surface area (Å²) in [5.41, 5.74) is 0.911. The SMILES string of the molecule is O=C(CN(Cc1ccco1)C(=O)C=Cc1ccccc1OC(F)F)Nc1ccccc1. The van der Waals surface area contributed by atoms with E-state index in [1.165, 1.54) is 29.4 Å². The zero-order chi connectivity index (χ0) is 22.1. The highest BCUT2D eigenvalue weighted by molar-refractivity contribution is 5.98. The zero-order valence-corrected chi connectivity index (χ0v) is 16.4. The van der Waals surface area contributed by atoms with Gasteiger partial charge in [0.2, 0.25) is 11.8 Å². The average Bonchev–Trinajstić information content (AvgIpc) is 3.26. The molecule has 1 heterocycles. The summed E-state index contributed by atoms with van der Waals surface area (Å²) in [7, 11) is 0. The third-order valence-corrected chi connectivity index (χ3v) is 4.17. The maximum atomic E-state index is 12.8. The number of alkyl halides is 2. The zero-order valence-electron chi connectivity index (χ0n) is 16.4. The van der Waals surface area contributed by atoms with E-state index in [0.717, 1.165) is 0 Å². The van der Waals surface area contributed by atoms with E-state index in [4.69, 9.17) is 4.42 Å². The van der Waals surface area contributed by atoms with Crippen LogP contribution in [0, 0.1) is 0 Å². The van der Waals surface area contributed by atoms with Gasteiger partial charge in [0.25, 0.3) is 0 Å². The van der Waals surface area contributed by atoms with Gasteiger partial charge in [-0.15, -0.1) is 0 Å². The van der Waals surface area contributed by atoms with Crippen molar-refractivity contribution in [1.82, 2.24) is 4.90 Å². The number of anilines is 1. The van der Waals surface area contributed by atoms with Crippen LogP contribution in [0.5, 0.6) is 5.75 Å². The number of nitrogens with zero attached hydrogens (tertiary/aromatic N) is 1. The van der Waals surface area contributed by atoms with Crippen LogP contribution in [0.2, 0.25) is 0 Å². The fourth-order valence-electron chi connectivity index (χ4n) is 2.79. The highest BCUT2D eigenvalue weighted by atomic mass is 19.3. The van der Waals surface area contributed by atoms with Crippen LogP contribution in [-0.2, 0) is 16.1 Å². The molecule has 8 heteroatoms. The summed E-state index contributed by atoms with van der Waals surface area (Å²) in [5.74, 6) is -0.441. The van der Waals surface area contributed by atoms with Gasteiger partial charge in [-0.3, -0.25) is 9.59 Å². The van der Waals surface area contributed by atoms with Crippen LogP contribution in [0.3, 0.4) is 0 Å². The Morgan fingerprint density at radius 3 is 2.48 bits per heavy atom. The number of benzene rings is 2. The molecule has 3 aromatic rings. The summed E-state index contributed by atoms with van der Waals surface area (Å²) in [6, 6.07) is 18.3. The van der Waals surface area contributed by atoms with Gasteiger partial charge in [-0.25, -0.2) is 0 Å². The first-order chi connectivity index (χ1) is 15.0. The van der Waals surface area contributed by atoms with Gasteiger partial charge in [0, 0.05) is 17.3 Å². The predicted molar refractivity (Wildman–Crippen MR) is 111 cm³/mol. The fourth-order valence-corrected chi connectivity index (χ4v) is 2.79. The number of hydrogen-bond acceptors (Lipinski definition) is 4. The molecule has 0 saturated carbocycles. The Kier molecular flexibility index (Phi) is 7.53. The molecule has 0 atom stereocenters. The van der Waals surface area contributed by atoms with Crippen LogP contribution in [-0.4, -0.2) is 29.9 Å². The van der Waals surface area contributed by atoms with Gasteiger partial charge < -0.3 is 19.4 Å². The molecule has 31 heavy (non-hydrogen) atoms. The van der Waals surface area contributed by atoms with Crippen molar-refractivity contribution in [1.29, 1.82) is 0 Å². The van der Waals surface area contributed by atoms with Crippen LogP contribution in [0.4, 0.5) is 14.5 Å². The lowest BCUT2D eigenvalue weighted by Crippen LogP contribution is -2.36.